The molecule has 0 aromatic heterocycles. The van der Waals surface area contributed by atoms with E-state index in [2.05, 4.69) is 5.32 Å². The van der Waals surface area contributed by atoms with Crippen molar-refractivity contribution in [2.45, 2.75) is 51.5 Å². The molecule has 2 fully saturated rings. The van der Waals surface area contributed by atoms with Gasteiger partial charge in [0.15, 0.2) is 6.61 Å². The lowest BCUT2D eigenvalue weighted by atomic mass is 9.78. The fraction of sp³-hybridized carbons (Fsp3) is 0.571. The van der Waals surface area contributed by atoms with Gasteiger partial charge in [0.2, 0.25) is 0 Å². The van der Waals surface area contributed by atoms with E-state index < -0.39 is 5.97 Å². The van der Waals surface area contributed by atoms with Gasteiger partial charge in [0, 0.05) is 18.2 Å². The van der Waals surface area contributed by atoms with Crippen molar-refractivity contribution in [1.29, 1.82) is 0 Å². The monoisotopic (exact) mass is 372 g/mol. The average Bonchev–Trinajstić information content (AvgIpc) is 2.69. The minimum Gasteiger partial charge on any atom is -0.454 e. The maximum atomic E-state index is 12.5. The zero-order chi connectivity index (χ0) is 19.2. The van der Waals surface area contributed by atoms with Crippen LogP contribution in [-0.2, 0) is 14.3 Å². The van der Waals surface area contributed by atoms with Gasteiger partial charge in [-0.05, 0) is 50.7 Å². The number of nitrogens with one attached hydrogen (secondary N) is 1. The molecule has 0 unspecified atom stereocenters. The van der Waals surface area contributed by atoms with Crippen molar-refractivity contribution < 1.29 is 19.1 Å². The molecule has 1 aromatic carbocycles. The zero-order valence-electron chi connectivity index (χ0n) is 15.9. The van der Waals surface area contributed by atoms with Gasteiger partial charge in [0.05, 0.1) is 0 Å². The molecule has 2 aliphatic rings. The minimum absolute atomic E-state index is 0.120. The van der Waals surface area contributed by atoms with Gasteiger partial charge in [-0.1, -0.05) is 30.5 Å². The number of fused-ring (bicyclic) bond motifs is 1. The van der Waals surface area contributed by atoms with Crippen LogP contribution < -0.4 is 5.32 Å². The number of hydrogen-bond donors (Lipinski definition) is 1. The third-order valence-electron chi connectivity index (χ3n) is 5.59. The fourth-order valence-corrected chi connectivity index (χ4v) is 4.25. The first-order chi connectivity index (χ1) is 13.0. The highest BCUT2D eigenvalue weighted by atomic mass is 16.5. The van der Waals surface area contributed by atoms with E-state index in [0.29, 0.717) is 17.5 Å². The highest BCUT2D eigenvalue weighted by Crippen LogP contribution is 2.35. The van der Waals surface area contributed by atoms with Gasteiger partial charge in [0.25, 0.3) is 11.8 Å². The zero-order valence-corrected chi connectivity index (χ0v) is 15.9. The Morgan fingerprint density at radius 1 is 1.15 bits per heavy atom. The number of benzene rings is 1. The molecule has 1 aliphatic heterocycles. The highest BCUT2D eigenvalue weighted by molar-refractivity contribution is 5.96. The summed E-state index contributed by atoms with van der Waals surface area (Å²) in [6.07, 6.45) is 6.87. The van der Waals surface area contributed by atoms with Gasteiger partial charge < -0.3 is 15.0 Å². The molecule has 27 heavy (non-hydrogen) atoms. The van der Waals surface area contributed by atoms with Crippen molar-refractivity contribution in [2.75, 3.05) is 19.7 Å². The van der Waals surface area contributed by atoms with Crippen LogP contribution >= 0.6 is 0 Å². The molecule has 0 bridgehead atoms. The first kappa shape index (κ1) is 19.4. The van der Waals surface area contributed by atoms with E-state index in [4.69, 9.17) is 4.74 Å². The van der Waals surface area contributed by atoms with Crippen molar-refractivity contribution in [3.63, 3.8) is 0 Å². The number of amides is 2. The Bertz CT molecular complexity index is 701. The summed E-state index contributed by atoms with van der Waals surface area (Å²) in [7, 11) is 0. The van der Waals surface area contributed by atoms with Crippen LogP contribution in [0.25, 0.3) is 0 Å². The summed E-state index contributed by atoms with van der Waals surface area (Å²) >= 11 is 0. The van der Waals surface area contributed by atoms with Gasteiger partial charge >= 0.3 is 5.97 Å². The number of rotatable bonds is 5. The van der Waals surface area contributed by atoms with E-state index in [-0.39, 0.29) is 25.0 Å². The van der Waals surface area contributed by atoms with Crippen LogP contribution in [0.1, 0.15) is 54.4 Å². The van der Waals surface area contributed by atoms with Crippen LogP contribution in [0, 0.1) is 12.8 Å². The van der Waals surface area contributed by atoms with Crippen molar-refractivity contribution >= 4 is 17.8 Å². The SMILES string of the molecule is Cc1cccc(C(=O)NCC(=O)OCC(=O)N2CCC[C@H]3CCCC[C@H]32)c1. The standard InChI is InChI=1S/C21H28N2O4/c1-15-6-4-8-17(12-15)21(26)22-13-20(25)27-14-19(24)23-11-5-9-16-7-2-3-10-18(16)23/h4,6,8,12,16,18H,2-3,5,7,9-11,13-14H2,1H3,(H,22,26)/t16-,18-/m1/s1. The van der Waals surface area contributed by atoms with E-state index in [1.807, 2.05) is 17.9 Å². The highest BCUT2D eigenvalue weighted by Gasteiger charge is 2.35. The molecule has 3 rings (SSSR count). The predicted octanol–water partition coefficient (Wildman–Crippen LogP) is 2.45. The summed E-state index contributed by atoms with van der Waals surface area (Å²) in [6, 6.07) is 7.43. The molecular weight excluding hydrogens is 344 g/mol. The summed E-state index contributed by atoms with van der Waals surface area (Å²) in [6.45, 7) is 2.16. The van der Waals surface area contributed by atoms with Crippen LogP contribution in [0.3, 0.4) is 0 Å². The van der Waals surface area contributed by atoms with Crippen LogP contribution in [-0.4, -0.2) is 48.4 Å². The van der Waals surface area contributed by atoms with E-state index in [1.54, 1.807) is 18.2 Å². The summed E-state index contributed by atoms with van der Waals surface area (Å²) in [5.74, 6) is -0.449. The third kappa shape index (κ3) is 5.08. The van der Waals surface area contributed by atoms with Crippen LogP contribution in [0.4, 0.5) is 0 Å². The molecule has 1 saturated carbocycles. The first-order valence-corrected chi connectivity index (χ1v) is 9.84. The Hall–Kier alpha value is -2.37. The molecule has 146 valence electrons. The number of piperidine rings is 1. The molecule has 1 saturated heterocycles. The van der Waals surface area contributed by atoms with Gasteiger partial charge in [0.1, 0.15) is 6.54 Å². The lowest BCUT2D eigenvalue weighted by Gasteiger charge is -2.44. The fourth-order valence-electron chi connectivity index (χ4n) is 4.25. The molecule has 2 amide bonds. The van der Waals surface area contributed by atoms with E-state index in [0.717, 1.165) is 31.4 Å². The second-order valence-electron chi connectivity index (χ2n) is 7.55. The summed E-state index contributed by atoms with van der Waals surface area (Å²) < 4.78 is 5.10. The van der Waals surface area contributed by atoms with Gasteiger partial charge in [-0.3, -0.25) is 14.4 Å². The van der Waals surface area contributed by atoms with E-state index in [9.17, 15) is 14.4 Å². The lowest BCUT2D eigenvalue weighted by Crippen LogP contribution is -2.51. The topological polar surface area (TPSA) is 75.7 Å². The molecule has 0 radical (unpaired) electrons. The van der Waals surface area contributed by atoms with Crippen molar-refractivity contribution in [1.82, 2.24) is 10.2 Å². The van der Waals surface area contributed by atoms with Crippen LogP contribution in [0.15, 0.2) is 24.3 Å². The second-order valence-corrected chi connectivity index (χ2v) is 7.55. The largest absolute Gasteiger partial charge is 0.454 e. The molecule has 0 spiro atoms. The Morgan fingerprint density at radius 3 is 2.74 bits per heavy atom. The Kier molecular flexibility index (Phi) is 6.48. The van der Waals surface area contributed by atoms with Gasteiger partial charge in [-0.2, -0.15) is 0 Å². The third-order valence-corrected chi connectivity index (χ3v) is 5.59. The number of aryl methyl sites for hydroxylation is 1. The van der Waals surface area contributed by atoms with E-state index in [1.165, 1.54) is 19.3 Å². The van der Waals surface area contributed by atoms with Crippen molar-refractivity contribution in [3.05, 3.63) is 35.4 Å². The smallest absolute Gasteiger partial charge is 0.325 e. The average molecular weight is 372 g/mol. The molecule has 1 heterocycles. The number of likely N-dealkylation sites (tertiary alicyclic amines) is 1. The molecule has 1 aromatic rings. The maximum absolute atomic E-state index is 12.5. The number of carbonyl (C=O) groups excluding carboxylic acids is 3. The minimum atomic E-state index is -0.596. The molecule has 1 N–H and O–H groups in total. The molecular formula is C21H28N2O4. The number of nitrogens with zero attached hydrogens (tertiary/aromatic N) is 1. The van der Waals surface area contributed by atoms with Gasteiger partial charge in [-0.25, -0.2) is 0 Å². The quantitative estimate of drug-likeness (QED) is 0.806. The Balaban J connectivity index is 1.43. The normalized spacial score (nSPS) is 21.9. The molecule has 6 nitrogen and oxygen atoms in total. The number of carbonyl (C=O) groups is 3. The van der Waals surface area contributed by atoms with Crippen LogP contribution in [0.2, 0.25) is 0 Å². The maximum Gasteiger partial charge on any atom is 0.325 e. The van der Waals surface area contributed by atoms with E-state index >= 15 is 0 Å². The number of ether oxygens (including phenoxy) is 1. The summed E-state index contributed by atoms with van der Waals surface area (Å²) in [4.78, 5) is 38.4. The molecule has 2 atom stereocenters. The summed E-state index contributed by atoms with van der Waals surface area (Å²) in [5.41, 5.74) is 1.47. The number of hydrogen-bond acceptors (Lipinski definition) is 4. The van der Waals surface area contributed by atoms with Gasteiger partial charge in [-0.15, -0.1) is 0 Å². The van der Waals surface area contributed by atoms with Crippen molar-refractivity contribution in [3.8, 4) is 0 Å². The lowest BCUT2D eigenvalue weighted by molar-refractivity contribution is -0.154. The molecule has 6 heteroatoms. The predicted molar refractivity (Wildman–Crippen MR) is 101 cm³/mol. The number of esters is 1. The Morgan fingerprint density at radius 2 is 1.93 bits per heavy atom. The van der Waals surface area contributed by atoms with Crippen LogP contribution in [0.5, 0.6) is 0 Å². The summed E-state index contributed by atoms with van der Waals surface area (Å²) in [5, 5.41) is 2.54. The Labute approximate surface area is 160 Å². The second kappa shape index (κ2) is 9.02. The molecule has 1 aliphatic carbocycles. The van der Waals surface area contributed by atoms with Crippen molar-refractivity contribution in [2.24, 2.45) is 5.92 Å². The first-order valence-electron chi connectivity index (χ1n) is 9.84.